The molecule has 0 saturated heterocycles. The number of pyridine rings is 1. The number of rotatable bonds is 6. The fourth-order valence-electron chi connectivity index (χ4n) is 1.90. The predicted molar refractivity (Wildman–Crippen MR) is 82.0 cm³/mol. The number of nitrogen functional groups attached to an aromatic ring is 1. The van der Waals surface area contributed by atoms with E-state index in [0.717, 1.165) is 17.7 Å². The molecule has 0 radical (unpaired) electrons. The Balaban J connectivity index is 2.15. The van der Waals surface area contributed by atoms with Crippen molar-refractivity contribution in [3.63, 3.8) is 0 Å². The molecule has 0 fully saturated rings. The number of ether oxygens (including phenoxy) is 1. The van der Waals surface area contributed by atoms with Crippen LogP contribution in [0.25, 0.3) is 0 Å². The molecule has 1 aromatic heterocycles. The lowest BCUT2D eigenvalue weighted by Crippen LogP contribution is -2.17. The van der Waals surface area contributed by atoms with Gasteiger partial charge in [-0.2, -0.15) is 0 Å². The average molecular weight is 286 g/mol. The number of amides is 1. The Morgan fingerprint density at radius 1 is 1.24 bits per heavy atom. The molecule has 21 heavy (non-hydrogen) atoms. The van der Waals surface area contributed by atoms with E-state index >= 15 is 0 Å². The van der Waals surface area contributed by atoms with Gasteiger partial charge in [0.1, 0.15) is 11.5 Å². The Labute approximate surface area is 123 Å². The maximum Gasteiger partial charge on any atom is 0.274 e. The van der Waals surface area contributed by atoms with Gasteiger partial charge in [-0.05, 0) is 30.2 Å². The van der Waals surface area contributed by atoms with Crippen molar-refractivity contribution in [1.29, 1.82) is 0 Å². The van der Waals surface area contributed by atoms with Crippen LogP contribution >= 0.6 is 0 Å². The Bertz CT molecular complexity index is 616. The van der Waals surface area contributed by atoms with Crippen LogP contribution in [0.1, 0.15) is 16.1 Å². The summed E-state index contributed by atoms with van der Waals surface area (Å²) in [5.41, 5.74) is 4.49. The topological polar surface area (TPSA) is 89.3 Å². The van der Waals surface area contributed by atoms with Crippen molar-refractivity contribution in [1.82, 2.24) is 4.98 Å². The lowest BCUT2D eigenvalue weighted by Gasteiger charge is -2.11. The Kier molecular flexibility index (Phi) is 5.25. The number of hydrazine groups is 1. The van der Waals surface area contributed by atoms with E-state index in [0.29, 0.717) is 18.1 Å². The van der Waals surface area contributed by atoms with E-state index in [1.807, 2.05) is 24.3 Å². The number of benzene rings is 1. The molecule has 2 rings (SSSR count). The second-order valence-corrected chi connectivity index (χ2v) is 4.41. The predicted octanol–water partition coefficient (Wildman–Crippen LogP) is 1.81. The number of hydrogen-bond acceptors (Lipinski definition) is 5. The van der Waals surface area contributed by atoms with E-state index in [-0.39, 0.29) is 5.91 Å². The summed E-state index contributed by atoms with van der Waals surface area (Å²) in [7, 11) is 1.65. The van der Waals surface area contributed by atoms with Crippen LogP contribution in [-0.4, -0.2) is 24.6 Å². The molecule has 1 amide bonds. The SMILES string of the molecule is COCCc1ccccc1NC(=O)c1cccc(NN)n1. The molecule has 6 heteroatoms. The summed E-state index contributed by atoms with van der Waals surface area (Å²) in [6.45, 7) is 0.595. The van der Waals surface area contributed by atoms with Gasteiger partial charge in [-0.3, -0.25) is 4.79 Å². The van der Waals surface area contributed by atoms with Gasteiger partial charge in [0.15, 0.2) is 0 Å². The van der Waals surface area contributed by atoms with Gasteiger partial charge >= 0.3 is 0 Å². The van der Waals surface area contributed by atoms with Crippen molar-refractivity contribution in [3.05, 3.63) is 53.7 Å². The molecule has 0 atom stereocenters. The number of hydrogen-bond donors (Lipinski definition) is 3. The third-order valence-electron chi connectivity index (χ3n) is 2.97. The van der Waals surface area contributed by atoms with E-state index < -0.39 is 0 Å². The van der Waals surface area contributed by atoms with E-state index in [9.17, 15) is 4.79 Å². The first-order chi connectivity index (χ1) is 10.2. The number of carbonyl (C=O) groups is 1. The number of nitrogens with one attached hydrogen (secondary N) is 2. The van der Waals surface area contributed by atoms with Crippen LogP contribution in [-0.2, 0) is 11.2 Å². The lowest BCUT2D eigenvalue weighted by atomic mass is 10.1. The van der Waals surface area contributed by atoms with Crippen LogP contribution in [0, 0.1) is 0 Å². The molecule has 0 saturated carbocycles. The summed E-state index contributed by atoms with van der Waals surface area (Å²) in [5, 5.41) is 2.86. The van der Waals surface area contributed by atoms with Crippen LogP contribution in [0.2, 0.25) is 0 Å². The smallest absolute Gasteiger partial charge is 0.274 e. The quantitative estimate of drug-likeness (QED) is 0.556. The molecule has 1 heterocycles. The van der Waals surface area contributed by atoms with Gasteiger partial charge in [-0.25, -0.2) is 10.8 Å². The summed E-state index contributed by atoms with van der Waals surface area (Å²) in [5.74, 6) is 5.45. The van der Waals surface area contributed by atoms with Gasteiger partial charge in [0.2, 0.25) is 0 Å². The van der Waals surface area contributed by atoms with Crippen molar-refractivity contribution < 1.29 is 9.53 Å². The molecule has 2 aromatic rings. The summed E-state index contributed by atoms with van der Waals surface area (Å²) in [6.07, 6.45) is 0.727. The van der Waals surface area contributed by atoms with Gasteiger partial charge in [0, 0.05) is 12.8 Å². The van der Waals surface area contributed by atoms with Gasteiger partial charge in [-0.15, -0.1) is 0 Å². The van der Waals surface area contributed by atoms with Gasteiger partial charge in [0.25, 0.3) is 5.91 Å². The fraction of sp³-hybridized carbons (Fsp3) is 0.200. The number of methoxy groups -OCH3 is 1. The molecule has 4 N–H and O–H groups in total. The zero-order valence-electron chi connectivity index (χ0n) is 11.8. The first kappa shape index (κ1) is 15.0. The summed E-state index contributed by atoms with van der Waals surface area (Å²) < 4.78 is 5.07. The maximum absolute atomic E-state index is 12.2. The molecule has 0 bridgehead atoms. The third kappa shape index (κ3) is 4.01. The first-order valence-electron chi connectivity index (χ1n) is 6.56. The molecule has 1 aromatic carbocycles. The average Bonchev–Trinajstić information content (AvgIpc) is 2.54. The van der Waals surface area contributed by atoms with E-state index in [4.69, 9.17) is 10.6 Å². The highest BCUT2D eigenvalue weighted by Gasteiger charge is 2.10. The molecule has 0 aliphatic heterocycles. The number of nitrogens with two attached hydrogens (primary N) is 1. The molecule has 0 unspecified atom stereocenters. The standard InChI is InChI=1S/C15H18N4O2/c1-21-10-9-11-5-2-3-6-12(11)18-15(20)13-7-4-8-14(17-13)19-16/h2-8H,9-10,16H2,1H3,(H,17,19)(H,18,20). The minimum atomic E-state index is -0.281. The second-order valence-electron chi connectivity index (χ2n) is 4.41. The summed E-state index contributed by atoms with van der Waals surface area (Å²) >= 11 is 0. The van der Waals surface area contributed by atoms with Crippen molar-refractivity contribution in [3.8, 4) is 0 Å². The molecule has 0 aliphatic rings. The van der Waals surface area contributed by atoms with Crippen molar-refractivity contribution in [2.45, 2.75) is 6.42 Å². The number of carbonyl (C=O) groups excluding carboxylic acids is 1. The molecule has 0 aliphatic carbocycles. The van der Waals surface area contributed by atoms with Crippen molar-refractivity contribution in [2.24, 2.45) is 5.84 Å². The van der Waals surface area contributed by atoms with Crippen molar-refractivity contribution >= 4 is 17.4 Å². The largest absolute Gasteiger partial charge is 0.384 e. The van der Waals surface area contributed by atoms with Crippen LogP contribution in [0.15, 0.2) is 42.5 Å². The van der Waals surface area contributed by atoms with E-state index in [1.54, 1.807) is 25.3 Å². The number of para-hydroxylation sites is 1. The van der Waals surface area contributed by atoms with Crippen LogP contribution in [0.3, 0.4) is 0 Å². The lowest BCUT2D eigenvalue weighted by molar-refractivity contribution is 0.102. The second kappa shape index (κ2) is 7.37. The Morgan fingerprint density at radius 3 is 2.81 bits per heavy atom. The molecule has 110 valence electrons. The zero-order valence-corrected chi connectivity index (χ0v) is 11.8. The first-order valence-corrected chi connectivity index (χ1v) is 6.56. The van der Waals surface area contributed by atoms with Gasteiger partial charge < -0.3 is 15.5 Å². The molecule has 0 spiro atoms. The molecule has 6 nitrogen and oxygen atoms in total. The monoisotopic (exact) mass is 286 g/mol. The minimum absolute atomic E-state index is 0.281. The number of nitrogens with zero attached hydrogens (tertiary/aromatic N) is 1. The van der Waals surface area contributed by atoms with Gasteiger partial charge in [-0.1, -0.05) is 24.3 Å². The minimum Gasteiger partial charge on any atom is -0.384 e. The fourth-order valence-corrected chi connectivity index (χ4v) is 1.90. The number of aromatic nitrogens is 1. The molecular weight excluding hydrogens is 268 g/mol. The Hall–Kier alpha value is -2.44. The van der Waals surface area contributed by atoms with Crippen molar-refractivity contribution in [2.75, 3.05) is 24.5 Å². The van der Waals surface area contributed by atoms with Crippen LogP contribution in [0.5, 0.6) is 0 Å². The highest BCUT2D eigenvalue weighted by molar-refractivity contribution is 6.03. The van der Waals surface area contributed by atoms with E-state index in [1.165, 1.54) is 0 Å². The zero-order chi connectivity index (χ0) is 15.1. The maximum atomic E-state index is 12.2. The highest BCUT2D eigenvalue weighted by atomic mass is 16.5. The summed E-state index contributed by atoms with van der Waals surface area (Å²) in [6, 6.07) is 12.6. The number of anilines is 2. The molecular formula is C15H18N4O2. The Morgan fingerprint density at radius 2 is 2.05 bits per heavy atom. The van der Waals surface area contributed by atoms with E-state index in [2.05, 4.69) is 15.7 Å². The van der Waals surface area contributed by atoms with Crippen LogP contribution < -0.4 is 16.6 Å². The highest BCUT2D eigenvalue weighted by Crippen LogP contribution is 2.17. The van der Waals surface area contributed by atoms with Crippen LogP contribution in [0.4, 0.5) is 11.5 Å². The van der Waals surface area contributed by atoms with Gasteiger partial charge in [0.05, 0.1) is 6.61 Å². The normalized spacial score (nSPS) is 10.2. The third-order valence-corrected chi connectivity index (χ3v) is 2.97. The summed E-state index contributed by atoms with van der Waals surface area (Å²) in [4.78, 5) is 16.3.